The van der Waals surface area contributed by atoms with Crippen LogP contribution in [0.4, 0.5) is 0 Å². The van der Waals surface area contributed by atoms with Crippen molar-refractivity contribution in [3.05, 3.63) is 0 Å². The Morgan fingerprint density at radius 1 is 1.28 bits per heavy atom. The number of carbonyl (C=O) groups is 2. The number of carboxylic acids is 1. The maximum Gasteiger partial charge on any atom is 0.308 e. The molecule has 4 atom stereocenters. The largest absolute Gasteiger partial charge is 0.481 e. The molecule has 3 fully saturated rings. The molecule has 1 saturated carbocycles. The lowest BCUT2D eigenvalue weighted by Gasteiger charge is -2.32. The molecule has 0 spiro atoms. The molecule has 2 heterocycles. The highest BCUT2D eigenvalue weighted by molar-refractivity contribution is 5.88. The average Bonchev–Trinajstić information content (AvgIpc) is 3.03. The first-order valence-electron chi connectivity index (χ1n) is 6.77. The zero-order valence-corrected chi connectivity index (χ0v) is 10.6. The van der Waals surface area contributed by atoms with Gasteiger partial charge < -0.3 is 15.7 Å². The van der Waals surface area contributed by atoms with Crippen molar-refractivity contribution in [1.82, 2.24) is 4.90 Å². The second kappa shape index (κ2) is 3.70. The number of nitrogens with zero attached hydrogens (tertiary/aromatic N) is 1. The van der Waals surface area contributed by atoms with Crippen LogP contribution in [0.25, 0.3) is 0 Å². The molecule has 18 heavy (non-hydrogen) atoms. The van der Waals surface area contributed by atoms with Crippen LogP contribution in [0, 0.1) is 11.8 Å². The summed E-state index contributed by atoms with van der Waals surface area (Å²) in [6.45, 7) is 1.81. The molecular weight excluding hydrogens is 232 g/mol. The van der Waals surface area contributed by atoms with Gasteiger partial charge in [-0.25, -0.2) is 0 Å². The van der Waals surface area contributed by atoms with Gasteiger partial charge in [0, 0.05) is 12.1 Å². The first-order valence-corrected chi connectivity index (χ1v) is 6.77. The lowest BCUT2D eigenvalue weighted by molar-refractivity contribution is -0.144. The highest BCUT2D eigenvalue weighted by Crippen LogP contribution is 2.46. The summed E-state index contributed by atoms with van der Waals surface area (Å²) >= 11 is 0. The molecule has 100 valence electrons. The van der Waals surface area contributed by atoms with E-state index in [0.717, 1.165) is 25.7 Å². The molecule has 3 rings (SSSR count). The summed E-state index contributed by atoms with van der Waals surface area (Å²) in [5, 5.41) is 9.19. The van der Waals surface area contributed by atoms with Gasteiger partial charge >= 0.3 is 5.97 Å². The standard InChI is InChI=1S/C13H20N2O3/c1-13(14,7-2-3-7)12(18)15-8-4-5-10(15)9(6-8)11(16)17/h7-10H,2-6,14H2,1H3,(H,16,17). The molecule has 1 amide bonds. The van der Waals surface area contributed by atoms with Crippen LogP contribution in [-0.2, 0) is 9.59 Å². The van der Waals surface area contributed by atoms with Gasteiger partial charge in [0.2, 0.25) is 5.91 Å². The quantitative estimate of drug-likeness (QED) is 0.769. The van der Waals surface area contributed by atoms with Crippen LogP contribution in [0.2, 0.25) is 0 Å². The van der Waals surface area contributed by atoms with Gasteiger partial charge in [0.1, 0.15) is 0 Å². The van der Waals surface area contributed by atoms with Gasteiger partial charge in [0.05, 0.1) is 11.5 Å². The second-order valence-electron chi connectivity index (χ2n) is 6.25. The molecule has 3 N–H and O–H groups in total. The topological polar surface area (TPSA) is 83.6 Å². The zero-order chi connectivity index (χ0) is 13.1. The predicted octanol–water partition coefficient (Wildman–Crippen LogP) is 0.578. The molecular formula is C13H20N2O3. The van der Waals surface area contributed by atoms with Crippen LogP contribution in [0.5, 0.6) is 0 Å². The van der Waals surface area contributed by atoms with Crippen LogP contribution >= 0.6 is 0 Å². The van der Waals surface area contributed by atoms with E-state index in [4.69, 9.17) is 5.73 Å². The van der Waals surface area contributed by atoms with Crippen molar-refractivity contribution in [1.29, 1.82) is 0 Å². The van der Waals surface area contributed by atoms with Crippen LogP contribution in [-0.4, -0.2) is 39.5 Å². The van der Waals surface area contributed by atoms with E-state index in [2.05, 4.69) is 0 Å². The summed E-state index contributed by atoms with van der Waals surface area (Å²) in [5.41, 5.74) is 5.38. The van der Waals surface area contributed by atoms with E-state index < -0.39 is 11.5 Å². The Morgan fingerprint density at radius 3 is 2.44 bits per heavy atom. The Labute approximate surface area is 106 Å². The number of carboxylic acid groups (broad SMARTS) is 1. The molecule has 3 aliphatic rings. The summed E-state index contributed by atoms with van der Waals surface area (Å²) in [4.78, 5) is 25.6. The van der Waals surface area contributed by atoms with Gasteiger partial charge in [0.15, 0.2) is 0 Å². The van der Waals surface area contributed by atoms with Crippen LogP contribution < -0.4 is 5.73 Å². The van der Waals surface area contributed by atoms with Crippen molar-refractivity contribution >= 4 is 11.9 Å². The molecule has 2 saturated heterocycles. The van der Waals surface area contributed by atoms with E-state index in [0.29, 0.717) is 6.42 Å². The highest BCUT2D eigenvalue weighted by Gasteiger charge is 2.56. The Morgan fingerprint density at radius 2 is 1.94 bits per heavy atom. The van der Waals surface area contributed by atoms with E-state index in [1.165, 1.54) is 0 Å². The van der Waals surface area contributed by atoms with Crippen LogP contribution in [0.1, 0.15) is 39.0 Å². The van der Waals surface area contributed by atoms with Crippen molar-refractivity contribution in [3.8, 4) is 0 Å². The number of amides is 1. The van der Waals surface area contributed by atoms with Gasteiger partial charge in [-0.15, -0.1) is 0 Å². The lowest BCUT2D eigenvalue weighted by atomic mass is 9.89. The molecule has 1 aliphatic carbocycles. The number of rotatable bonds is 3. The Bertz CT molecular complexity index is 403. The zero-order valence-electron chi connectivity index (χ0n) is 10.6. The summed E-state index contributed by atoms with van der Waals surface area (Å²) in [6, 6.07) is -0.0214. The van der Waals surface area contributed by atoms with E-state index in [9.17, 15) is 14.7 Å². The SMILES string of the molecule is CC(N)(C(=O)N1C2CCC1C(C(=O)O)C2)C1CC1. The third-order valence-corrected chi connectivity index (χ3v) is 4.97. The third kappa shape index (κ3) is 1.56. The van der Waals surface area contributed by atoms with Gasteiger partial charge in [-0.1, -0.05) is 0 Å². The fraction of sp³-hybridized carbons (Fsp3) is 0.846. The van der Waals surface area contributed by atoms with Crippen LogP contribution in [0.3, 0.4) is 0 Å². The molecule has 0 radical (unpaired) electrons. The first-order chi connectivity index (χ1) is 8.43. The fourth-order valence-electron chi connectivity index (χ4n) is 3.71. The third-order valence-electron chi connectivity index (χ3n) is 4.97. The Kier molecular flexibility index (Phi) is 2.46. The number of aliphatic carboxylic acids is 1. The molecule has 2 aliphatic heterocycles. The smallest absolute Gasteiger partial charge is 0.308 e. The number of carbonyl (C=O) groups excluding carboxylic acids is 1. The Balaban J connectivity index is 1.81. The normalized spacial score (nSPS) is 37.7. The van der Waals surface area contributed by atoms with E-state index in [1.807, 2.05) is 0 Å². The fourth-order valence-corrected chi connectivity index (χ4v) is 3.71. The number of fused-ring (bicyclic) bond motifs is 2. The average molecular weight is 252 g/mol. The summed E-state index contributed by atoms with van der Waals surface area (Å²) in [7, 11) is 0. The molecule has 0 aromatic heterocycles. The van der Waals surface area contributed by atoms with Gasteiger partial charge in [-0.2, -0.15) is 0 Å². The predicted molar refractivity (Wildman–Crippen MR) is 64.7 cm³/mol. The minimum absolute atomic E-state index is 0.0266. The van der Waals surface area contributed by atoms with Gasteiger partial charge in [-0.3, -0.25) is 9.59 Å². The maximum absolute atomic E-state index is 12.6. The van der Waals surface area contributed by atoms with Crippen molar-refractivity contribution in [2.24, 2.45) is 17.6 Å². The van der Waals surface area contributed by atoms with E-state index >= 15 is 0 Å². The van der Waals surface area contributed by atoms with Crippen molar-refractivity contribution in [2.45, 2.75) is 56.7 Å². The molecule has 2 bridgehead atoms. The summed E-state index contributed by atoms with van der Waals surface area (Å²) in [5.74, 6) is -0.901. The lowest BCUT2D eigenvalue weighted by Crippen LogP contribution is -2.56. The highest BCUT2D eigenvalue weighted by atomic mass is 16.4. The summed E-state index contributed by atoms with van der Waals surface area (Å²) < 4.78 is 0. The molecule has 0 aromatic carbocycles. The summed E-state index contributed by atoms with van der Waals surface area (Å²) in [6.07, 6.45) is 4.39. The van der Waals surface area contributed by atoms with E-state index in [-0.39, 0.29) is 29.8 Å². The molecule has 0 aromatic rings. The maximum atomic E-state index is 12.6. The van der Waals surface area contributed by atoms with Crippen LogP contribution in [0.15, 0.2) is 0 Å². The van der Waals surface area contributed by atoms with E-state index in [1.54, 1.807) is 11.8 Å². The number of hydrogen-bond donors (Lipinski definition) is 2. The molecule has 4 unspecified atom stereocenters. The van der Waals surface area contributed by atoms with Gasteiger partial charge in [-0.05, 0) is 44.9 Å². The Hall–Kier alpha value is -1.10. The van der Waals surface area contributed by atoms with Crippen molar-refractivity contribution in [2.75, 3.05) is 0 Å². The monoisotopic (exact) mass is 252 g/mol. The minimum Gasteiger partial charge on any atom is -0.481 e. The molecule has 5 nitrogen and oxygen atoms in total. The second-order valence-corrected chi connectivity index (χ2v) is 6.25. The number of hydrogen-bond acceptors (Lipinski definition) is 3. The van der Waals surface area contributed by atoms with Crippen molar-refractivity contribution in [3.63, 3.8) is 0 Å². The number of nitrogens with two attached hydrogens (primary N) is 1. The minimum atomic E-state index is -0.797. The van der Waals surface area contributed by atoms with Gasteiger partial charge in [0.25, 0.3) is 0 Å². The molecule has 5 heteroatoms. The van der Waals surface area contributed by atoms with Crippen molar-refractivity contribution < 1.29 is 14.7 Å². The first kappa shape index (κ1) is 12.0.